The van der Waals surface area contributed by atoms with E-state index in [9.17, 15) is 4.79 Å². The van der Waals surface area contributed by atoms with E-state index in [2.05, 4.69) is 72.3 Å². The van der Waals surface area contributed by atoms with Gasteiger partial charge in [-0.3, -0.25) is 0 Å². The average Bonchev–Trinajstić information content (AvgIpc) is 3.36. The van der Waals surface area contributed by atoms with Gasteiger partial charge < -0.3 is 14.6 Å². The van der Waals surface area contributed by atoms with Crippen LogP contribution in [0.3, 0.4) is 0 Å². The maximum absolute atomic E-state index is 11.1. The van der Waals surface area contributed by atoms with Crippen molar-refractivity contribution in [2.24, 2.45) is 0 Å². The van der Waals surface area contributed by atoms with Crippen LogP contribution in [0.2, 0.25) is 0 Å². The monoisotopic (exact) mass is 510 g/mol. The summed E-state index contributed by atoms with van der Waals surface area (Å²) in [6, 6.07) is 27.0. The Bertz CT molecular complexity index is 1380. The molecule has 1 fully saturated rings. The molecule has 1 saturated carbocycles. The number of methoxy groups -OCH3 is 1. The predicted octanol–water partition coefficient (Wildman–Crippen LogP) is 6.90. The fraction of sp³-hybridized carbons (Fsp3) is 0.312. The molecule has 6 nitrogen and oxygen atoms in total. The zero-order chi connectivity index (χ0) is 26.5. The van der Waals surface area contributed by atoms with Gasteiger partial charge in [0.15, 0.2) is 0 Å². The lowest BCUT2D eigenvalue weighted by molar-refractivity contribution is -0.145. The molecule has 0 spiro atoms. The number of carboxylic acids is 1. The minimum absolute atomic E-state index is 0.0455. The third-order valence-corrected chi connectivity index (χ3v) is 7.42. The zero-order valence-electron chi connectivity index (χ0n) is 22.0. The second-order valence-electron chi connectivity index (χ2n) is 9.78. The molecule has 1 aliphatic rings. The first-order valence-electron chi connectivity index (χ1n) is 13.3. The normalized spacial score (nSPS) is 17.3. The number of hydrogen-bond acceptors (Lipinski definition) is 4. The molecular weight excluding hydrogens is 476 g/mol. The predicted molar refractivity (Wildman–Crippen MR) is 149 cm³/mol. The number of nitrogens with zero attached hydrogens (tertiary/aromatic N) is 2. The fourth-order valence-corrected chi connectivity index (χ4v) is 5.63. The van der Waals surface area contributed by atoms with Crippen LogP contribution in [0.4, 0.5) is 0 Å². The third kappa shape index (κ3) is 5.36. The van der Waals surface area contributed by atoms with Crippen LogP contribution in [-0.4, -0.2) is 40.7 Å². The van der Waals surface area contributed by atoms with Gasteiger partial charge in [-0.05, 0) is 73.1 Å². The highest BCUT2D eigenvalue weighted by atomic mass is 16.5. The number of carboxylic acid groups (broad SMARTS) is 1. The highest BCUT2D eigenvalue weighted by molar-refractivity contribution is 5.83. The molecule has 0 amide bonds. The van der Waals surface area contributed by atoms with E-state index in [1.165, 1.54) is 5.56 Å². The van der Waals surface area contributed by atoms with E-state index in [4.69, 9.17) is 19.7 Å². The van der Waals surface area contributed by atoms with E-state index in [1.54, 1.807) is 7.11 Å². The van der Waals surface area contributed by atoms with Gasteiger partial charge >= 0.3 is 5.97 Å². The van der Waals surface area contributed by atoms with Crippen LogP contribution in [0.1, 0.15) is 49.8 Å². The van der Waals surface area contributed by atoms with Crippen molar-refractivity contribution in [3.63, 3.8) is 0 Å². The van der Waals surface area contributed by atoms with E-state index in [0.717, 1.165) is 71.6 Å². The van der Waals surface area contributed by atoms with Gasteiger partial charge in [0, 0.05) is 11.1 Å². The second-order valence-corrected chi connectivity index (χ2v) is 9.78. The van der Waals surface area contributed by atoms with Crippen molar-refractivity contribution < 1.29 is 19.4 Å². The first-order valence-corrected chi connectivity index (χ1v) is 13.3. The third-order valence-electron chi connectivity index (χ3n) is 7.42. The first kappa shape index (κ1) is 25.7. The second kappa shape index (κ2) is 11.7. The Hall–Kier alpha value is -3.90. The molecule has 1 heterocycles. The molecule has 0 bridgehead atoms. The Morgan fingerprint density at radius 3 is 2.42 bits per heavy atom. The number of aromatic nitrogens is 2. The Labute approximate surface area is 223 Å². The van der Waals surface area contributed by atoms with Gasteiger partial charge in [-0.1, -0.05) is 61.9 Å². The van der Waals surface area contributed by atoms with E-state index < -0.39 is 5.97 Å². The highest BCUT2D eigenvalue weighted by Gasteiger charge is 2.28. The van der Waals surface area contributed by atoms with Gasteiger partial charge in [-0.15, -0.1) is 0 Å². The summed E-state index contributed by atoms with van der Waals surface area (Å²) in [7, 11) is 1.67. The van der Waals surface area contributed by atoms with Gasteiger partial charge in [0.2, 0.25) is 0 Å². The topological polar surface area (TPSA) is 73.6 Å². The van der Waals surface area contributed by atoms with Gasteiger partial charge in [-0.2, -0.15) is 5.10 Å². The van der Waals surface area contributed by atoms with Crippen LogP contribution in [0.25, 0.3) is 28.1 Å². The number of carbonyl (C=O) groups is 1. The summed E-state index contributed by atoms with van der Waals surface area (Å²) in [5, 5.41) is 14.3. The molecule has 1 aliphatic carbocycles. The van der Waals surface area contributed by atoms with Crippen LogP contribution in [0.15, 0.2) is 78.9 Å². The summed E-state index contributed by atoms with van der Waals surface area (Å²) in [4.78, 5) is 11.1. The fourth-order valence-electron chi connectivity index (χ4n) is 5.63. The quantitative estimate of drug-likeness (QED) is 0.265. The summed E-state index contributed by atoms with van der Waals surface area (Å²) < 4.78 is 13.2. The molecular formula is C32H34N2O4. The number of para-hydroxylation sites is 1. The summed E-state index contributed by atoms with van der Waals surface area (Å²) in [5.74, 6) is 0.167. The van der Waals surface area contributed by atoms with Crippen LogP contribution >= 0.6 is 0 Å². The molecule has 1 aromatic heterocycles. The minimum Gasteiger partial charge on any atom is -0.497 e. The minimum atomic E-state index is -0.920. The summed E-state index contributed by atoms with van der Waals surface area (Å²) in [6.07, 6.45) is 4.53. The number of rotatable bonds is 9. The lowest BCUT2D eigenvalue weighted by Gasteiger charge is -2.30. The van der Waals surface area contributed by atoms with Crippen LogP contribution in [-0.2, 0) is 16.0 Å². The maximum Gasteiger partial charge on any atom is 0.329 e. The molecule has 38 heavy (non-hydrogen) atoms. The molecule has 5 rings (SSSR count). The smallest absolute Gasteiger partial charge is 0.329 e. The SMILES string of the molecule is CCc1c(-c2ccccc2)c(-c2ccc(OC)cc2)nn1-c1ccccc1C1CCCC(OCC(=O)O)C1. The largest absolute Gasteiger partial charge is 0.497 e. The Kier molecular flexibility index (Phi) is 7.89. The Balaban J connectivity index is 1.61. The van der Waals surface area contributed by atoms with Crippen molar-refractivity contribution >= 4 is 5.97 Å². The van der Waals surface area contributed by atoms with Gasteiger partial charge in [0.25, 0.3) is 0 Å². The van der Waals surface area contributed by atoms with Crippen molar-refractivity contribution in [1.82, 2.24) is 9.78 Å². The van der Waals surface area contributed by atoms with Crippen molar-refractivity contribution in [1.29, 1.82) is 0 Å². The Morgan fingerprint density at radius 1 is 0.974 bits per heavy atom. The van der Waals surface area contributed by atoms with Crippen molar-refractivity contribution in [3.05, 3.63) is 90.1 Å². The maximum atomic E-state index is 11.1. The van der Waals surface area contributed by atoms with E-state index in [-0.39, 0.29) is 18.6 Å². The average molecular weight is 511 g/mol. The number of benzene rings is 3. The molecule has 6 heteroatoms. The number of aliphatic carboxylic acids is 1. The summed E-state index contributed by atoms with van der Waals surface area (Å²) >= 11 is 0. The van der Waals surface area contributed by atoms with E-state index in [1.807, 2.05) is 18.2 Å². The lowest BCUT2D eigenvalue weighted by Crippen LogP contribution is -2.25. The number of ether oxygens (including phenoxy) is 2. The summed E-state index contributed by atoms with van der Waals surface area (Å²) in [6.45, 7) is 1.93. The van der Waals surface area contributed by atoms with Gasteiger partial charge in [-0.25, -0.2) is 9.48 Å². The molecule has 0 radical (unpaired) electrons. The van der Waals surface area contributed by atoms with Crippen molar-refractivity contribution in [3.8, 4) is 33.8 Å². The molecule has 2 unspecified atom stereocenters. The van der Waals surface area contributed by atoms with Gasteiger partial charge in [0.1, 0.15) is 18.1 Å². The first-order chi connectivity index (χ1) is 18.6. The highest BCUT2D eigenvalue weighted by Crippen LogP contribution is 2.40. The molecule has 2 atom stereocenters. The lowest BCUT2D eigenvalue weighted by atomic mass is 9.81. The van der Waals surface area contributed by atoms with Crippen LogP contribution in [0, 0.1) is 0 Å². The molecule has 196 valence electrons. The molecule has 1 N–H and O–H groups in total. The molecule has 4 aromatic rings. The number of hydrogen-bond donors (Lipinski definition) is 1. The van der Waals surface area contributed by atoms with Crippen LogP contribution < -0.4 is 4.74 Å². The van der Waals surface area contributed by atoms with Crippen molar-refractivity contribution in [2.75, 3.05) is 13.7 Å². The van der Waals surface area contributed by atoms with Crippen LogP contribution in [0.5, 0.6) is 5.75 Å². The van der Waals surface area contributed by atoms with Gasteiger partial charge in [0.05, 0.1) is 24.6 Å². The Morgan fingerprint density at radius 2 is 1.71 bits per heavy atom. The van der Waals surface area contributed by atoms with Crippen molar-refractivity contribution in [2.45, 2.75) is 51.0 Å². The zero-order valence-corrected chi connectivity index (χ0v) is 22.0. The van der Waals surface area contributed by atoms with E-state index in [0.29, 0.717) is 0 Å². The molecule has 3 aromatic carbocycles. The summed E-state index contributed by atoms with van der Waals surface area (Å²) in [5.41, 5.74) is 7.72. The van der Waals surface area contributed by atoms with E-state index >= 15 is 0 Å². The molecule has 0 aliphatic heterocycles. The standard InChI is InChI=1S/C32H34N2O4/c1-3-28-31(22-10-5-4-6-11-22)32(23-16-18-25(37-2)19-17-23)33-34(28)29-15-8-7-14-27(29)24-12-9-13-26(20-24)38-21-30(35)36/h4-8,10-11,14-19,24,26H,3,9,12-13,20-21H2,1-2H3,(H,35,36). The molecule has 0 saturated heterocycles.